The van der Waals surface area contributed by atoms with Gasteiger partial charge in [0.15, 0.2) is 5.79 Å². The van der Waals surface area contributed by atoms with Crippen molar-refractivity contribution in [1.29, 1.82) is 0 Å². The normalized spacial score (nSPS) is 44.1. The molecular weight excluding hydrogens is 216 g/mol. The lowest BCUT2D eigenvalue weighted by Crippen LogP contribution is -2.56. The van der Waals surface area contributed by atoms with Crippen LogP contribution in [0.1, 0.15) is 20.3 Å². The van der Waals surface area contributed by atoms with Crippen LogP contribution in [-0.4, -0.2) is 62.3 Å². The number of aliphatic hydroxyl groups excluding tert-OH is 4. The number of rotatable bonds is 3. The average Bonchev–Trinajstić information content (AvgIpc) is 2.20. The van der Waals surface area contributed by atoms with Crippen molar-refractivity contribution < 1.29 is 30.3 Å². The number of ether oxygens (including phenoxy) is 1. The first-order valence-electron chi connectivity index (χ1n) is 5.33. The minimum absolute atomic E-state index is 0.0482. The third-order valence-corrected chi connectivity index (χ3v) is 3.02. The lowest BCUT2D eigenvalue weighted by molar-refractivity contribution is -0.300. The highest BCUT2D eigenvalue weighted by atomic mass is 16.6. The number of aliphatic hydroxyl groups is 5. The van der Waals surface area contributed by atoms with Crippen molar-refractivity contribution in [3.8, 4) is 0 Å². The van der Waals surface area contributed by atoms with Crippen molar-refractivity contribution in [3.63, 3.8) is 0 Å². The minimum atomic E-state index is -1.53. The Kier molecular flexibility index (Phi) is 4.28. The zero-order valence-electron chi connectivity index (χ0n) is 9.45. The summed E-state index contributed by atoms with van der Waals surface area (Å²) in [4.78, 5) is 0. The van der Waals surface area contributed by atoms with Gasteiger partial charge in [-0.05, 0) is 6.92 Å². The Bertz CT molecular complexity index is 231. The topological polar surface area (TPSA) is 110 Å². The summed E-state index contributed by atoms with van der Waals surface area (Å²) in [6, 6.07) is 0. The average molecular weight is 236 g/mol. The van der Waals surface area contributed by atoms with Crippen molar-refractivity contribution in [2.75, 3.05) is 6.61 Å². The fourth-order valence-electron chi connectivity index (χ4n) is 1.95. The summed E-state index contributed by atoms with van der Waals surface area (Å²) in [7, 11) is 0. The van der Waals surface area contributed by atoms with Gasteiger partial charge in [0.1, 0.15) is 12.2 Å². The Morgan fingerprint density at radius 1 is 1.44 bits per heavy atom. The van der Waals surface area contributed by atoms with Gasteiger partial charge in [-0.2, -0.15) is 0 Å². The molecule has 1 aliphatic rings. The summed E-state index contributed by atoms with van der Waals surface area (Å²) >= 11 is 0. The van der Waals surface area contributed by atoms with E-state index in [2.05, 4.69) is 0 Å². The highest BCUT2D eigenvalue weighted by Crippen LogP contribution is 2.33. The van der Waals surface area contributed by atoms with Crippen molar-refractivity contribution in [1.82, 2.24) is 0 Å². The molecule has 0 aromatic carbocycles. The molecule has 4 unspecified atom stereocenters. The zero-order chi connectivity index (χ0) is 12.5. The van der Waals surface area contributed by atoms with Gasteiger partial charge in [-0.15, -0.1) is 0 Å². The van der Waals surface area contributed by atoms with Crippen LogP contribution in [-0.2, 0) is 4.74 Å². The molecule has 16 heavy (non-hydrogen) atoms. The Hall–Kier alpha value is -0.240. The van der Waals surface area contributed by atoms with Crippen LogP contribution in [0.15, 0.2) is 0 Å². The number of hydrogen-bond donors (Lipinski definition) is 5. The Balaban J connectivity index is 2.77. The van der Waals surface area contributed by atoms with Crippen LogP contribution in [0.5, 0.6) is 0 Å². The zero-order valence-corrected chi connectivity index (χ0v) is 9.45. The quantitative estimate of drug-likeness (QED) is 0.395. The van der Waals surface area contributed by atoms with E-state index in [0.29, 0.717) is 0 Å². The Morgan fingerprint density at radius 3 is 2.50 bits per heavy atom. The van der Waals surface area contributed by atoms with Crippen LogP contribution in [0.3, 0.4) is 0 Å². The van der Waals surface area contributed by atoms with Crippen LogP contribution in [0.2, 0.25) is 0 Å². The van der Waals surface area contributed by atoms with Crippen LogP contribution in [0, 0.1) is 5.92 Å². The molecular formula is C10H20O6. The number of hydrogen-bond acceptors (Lipinski definition) is 6. The van der Waals surface area contributed by atoms with Crippen molar-refractivity contribution in [2.45, 2.75) is 50.5 Å². The monoisotopic (exact) mass is 236 g/mol. The molecule has 0 spiro atoms. The van der Waals surface area contributed by atoms with E-state index in [-0.39, 0.29) is 6.42 Å². The second-order valence-electron chi connectivity index (χ2n) is 4.63. The standard InChI is InChI=1S/C10H20O6/c1-5-6(12)3-10(2,15)16-9(5)8(14)7(13)4-11/h5-9,11-15H,3-4H2,1-2H3/t5?,6?,7-,8-,9?,10?/m1/s1. The third kappa shape index (κ3) is 2.91. The van der Waals surface area contributed by atoms with Crippen LogP contribution in [0.25, 0.3) is 0 Å². The maximum atomic E-state index is 9.71. The fraction of sp³-hybridized carbons (Fsp3) is 1.00. The van der Waals surface area contributed by atoms with Gasteiger partial charge in [-0.25, -0.2) is 0 Å². The largest absolute Gasteiger partial charge is 0.394 e. The molecule has 0 aliphatic carbocycles. The van der Waals surface area contributed by atoms with E-state index < -0.39 is 42.7 Å². The van der Waals surface area contributed by atoms with Crippen LogP contribution >= 0.6 is 0 Å². The third-order valence-electron chi connectivity index (χ3n) is 3.02. The molecule has 6 nitrogen and oxygen atoms in total. The van der Waals surface area contributed by atoms with Gasteiger partial charge in [0.25, 0.3) is 0 Å². The summed E-state index contributed by atoms with van der Waals surface area (Å²) in [5.41, 5.74) is 0. The molecule has 6 atom stereocenters. The van der Waals surface area contributed by atoms with E-state index in [1.165, 1.54) is 6.92 Å². The Labute approximate surface area is 94.1 Å². The summed E-state index contributed by atoms with van der Waals surface area (Å²) in [6.45, 7) is 2.43. The molecule has 0 aromatic rings. The summed E-state index contributed by atoms with van der Waals surface area (Å²) in [5, 5.41) is 47.1. The van der Waals surface area contributed by atoms with E-state index in [1.54, 1.807) is 6.92 Å². The molecule has 6 heteroatoms. The molecule has 1 aliphatic heterocycles. The summed E-state index contributed by atoms with van der Waals surface area (Å²) < 4.78 is 5.22. The first-order chi connectivity index (χ1) is 7.28. The molecule has 1 heterocycles. The highest BCUT2D eigenvalue weighted by Gasteiger charge is 2.45. The highest BCUT2D eigenvalue weighted by molar-refractivity contribution is 4.90. The second-order valence-corrected chi connectivity index (χ2v) is 4.63. The maximum absolute atomic E-state index is 9.71. The summed E-state index contributed by atoms with van der Waals surface area (Å²) in [6.07, 6.45) is -4.39. The van der Waals surface area contributed by atoms with Gasteiger partial charge in [0.05, 0.1) is 18.8 Å². The van der Waals surface area contributed by atoms with Crippen LogP contribution in [0.4, 0.5) is 0 Å². The van der Waals surface area contributed by atoms with Gasteiger partial charge < -0.3 is 30.3 Å². The lowest BCUT2D eigenvalue weighted by Gasteiger charge is -2.44. The van der Waals surface area contributed by atoms with E-state index in [0.717, 1.165) is 0 Å². The fourth-order valence-corrected chi connectivity index (χ4v) is 1.95. The SMILES string of the molecule is CC1C(O)CC(C)(O)OC1[C@H](O)[C@H](O)CO. The molecule has 0 radical (unpaired) electrons. The van der Waals surface area contributed by atoms with Gasteiger partial charge >= 0.3 is 0 Å². The lowest BCUT2D eigenvalue weighted by atomic mass is 9.85. The molecule has 5 N–H and O–H groups in total. The second kappa shape index (κ2) is 4.95. The van der Waals surface area contributed by atoms with Crippen molar-refractivity contribution in [2.24, 2.45) is 5.92 Å². The molecule has 0 aromatic heterocycles. The molecule has 0 bridgehead atoms. The van der Waals surface area contributed by atoms with E-state index in [1.807, 2.05) is 0 Å². The molecule has 1 rings (SSSR count). The van der Waals surface area contributed by atoms with E-state index in [4.69, 9.17) is 9.84 Å². The Morgan fingerprint density at radius 2 is 2.00 bits per heavy atom. The van der Waals surface area contributed by atoms with Gasteiger partial charge in [-0.3, -0.25) is 0 Å². The maximum Gasteiger partial charge on any atom is 0.165 e. The first-order valence-corrected chi connectivity index (χ1v) is 5.33. The van der Waals surface area contributed by atoms with Gasteiger partial charge in [0.2, 0.25) is 0 Å². The van der Waals surface area contributed by atoms with Gasteiger partial charge in [0, 0.05) is 12.3 Å². The minimum Gasteiger partial charge on any atom is -0.394 e. The molecule has 1 saturated heterocycles. The molecule has 96 valence electrons. The van der Waals surface area contributed by atoms with Gasteiger partial charge in [-0.1, -0.05) is 6.92 Å². The van der Waals surface area contributed by atoms with Crippen molar-refractivity contribution in [3.05, 3.63) is 0 Å². The molecule has 0 amide bonds. The summed E-state index contributed by atoms with van der Waals surface area (Å²) in [5.74, 6) is -1.97. The van der Waals surface area contributed by atoms with Crippen molar-refractivity contribution >= 4 is 0 Å². The predicted octanol–water partition coefficient (Wildman–Crippen LogP) is -1.81. The molecule has 1 fully saturated rings. The van der Waals surface area contributed by atoms with E-state index >= 15 is 0 Å². The smallest absolute Gasteiger partial charge is 0.165 e. The van der Waals surface area contributed by atoms with E-state index in [9.17, 15) is 20.4 Å². The predicted molar refractivity (Wildman–Crippen MR) is 54.4 cm³/mol. The first kappa shape index (κ1) is 13.8. The molecule has 0 saturated carbocycles. The van der Waals surface area contributed by atoms with Crippen LogP contribution < -0.4 is 0 Å².